The molecule has 0 aliphatic carbocycles. The highest BCUT2D eigenvalue weighted by Gasteiger charge is 2.05. The summed E-state index contributed by atoms with van der Waals surface area (Å²) in [6, 6.07) is 4.74. The van der Waals surface area contributed by atoms with Crippen molar-refractivity contribution in [1.82, 2.24) is 4.98 Å². The van der Waals surface area contributed by atoms with E-state index in [1.54, 1.807) is 6.07 Å². The predicted molar refractivity (Wildman–Crippen MR) is 66.6 cm³/mol. The topological polar surface area (TPSA) is 24.9 Å². The van der Waals surface area contributed by atoms with Crippen LogP contribution in [0, 0.1) is 11.6 Å². The van der Waals surface area contributed by atoms with Gasteiger partial charge in [0.15, 0.2) is 0 Å². The standard InChI is InChI=1S/C11H6BrClF2N2/c12-6-1-10(13)11(16-5-6)17-9-3-7(14)2-8(15)4-9/h1-5H,(H,16,17). The lowest BCUT2D eigenvalue weighted by Gasteiger charge is -2.07. The second-order valence-electron chi connectivity index (χ2n) is 3.27. The molecule has 1 aromatic heterocycles. The van der Waals surface area contributed by atoms with Gasteiger partial charge in [0.25, 0.3) is 0 Å². The Morgan fingerprint density at radius 3 is 2.35 bits per heavy atom. The smallest absolute Gasteiger partial charge is 0.149 e. The first-order chi connectivity index (χ1) is 8.04. The van der Waals surface area contributed by atoms with Gasteiger partial charge in [0.05, 0.1) is 5.02 Å². The summed E-state index contributed by atoms with van der Waals surface area (Å²) < 4.78 is 26.6. The molecule has 0 aliphatic rings. The molecule has 0 aliphatic heterocycles. The van der Waals surface area contributed by atoms with Crippen molar-refractivity contribution in [3.63, 3.8) is 0 Å². The Hall–Kier alpha value is -1.20. The average molecular weight is 320 g/mol. The highest BCUT2D eigenvalue weighted by molar-refractivity contribution is 9.10. The van der Waals surface area contributed by atoms with Gasteiger partial charge in [0.1, 0.15) is 17.5 Å². The molecule has 0 atom stereocenters. The molecule has 1 heterocycles. The van der Waals surface area contributed by atoms with E-state index in [-0.39, 0.29) is 5.69 Å². The molecule has 0 spiro atoms. The van der Waals surface area contributed by atoms with Crippen LogP contribution >= 0.6 is 27.5 Å². The number of halogens is 4. The maximum Gasteiger partial charge on any atom is 0.149 e. The predicted octanol–water partition coefficient (Wildman–Crippen LogP) is 4.52. The monoisotopic (exact) mass is 318 g/mol. The minimum absolute atomic E-state index is 0.249. The summed E-state index contributed by atoms with van der Waals surface area (Å²) in [5.74, 6) is -0.999. The number of hydrogen-bond acceptors (Lipinski definition) is 2. The van der Waals surface area contributed by atoms with Crippen LogP contribution < -0.4 is 5.32 Å². The van der Waals surface area contributed by atoms with E-state index in [0.717, 1.165) is 22.7 Å². The second kappa shape index (κ2) is 4.98. The van der Waals surface area contributed by atoms with Crippen LogP contribution in [0.2, 0.25) is 5.02 Å². The van der Waals surface area contributed by atoms with Crippen molar-refractivity contribution in [2.24, 2.45) is 0 Å². The first kappa shape index (κ1) is 12.3. The van der Waals surface area contributed by atoms with E-state index >= 15 is 0 Å². The van der Waals surface area contributed by atoms with E-state index in [4.69, 9.17) is 11.6 Å². The van der Waals surface area contributed by atoms with E-state index in [1.165, 1.54) is 6.20 Å². The number of nitrogens with zero attached hydrogens (tertiary/aromatic N) is 1. The van der Waals surface area contributed by atoms with Crippen LogP contribution in [0.1, 0.15) is 0 Å². The fourth-order valence-electron chi connectivity index (χ4n) is 1.27. The fourth-order valence-corrected chi connectivity index (χ4v) is 1.95. The van der Waals surface area contributed by atoms with Gasteiger partial charge in [-0.15, -0.1) is 0 Å². The number of aromatic nitrogens is 1. The summed E-state index contributed by atoms with van der Waals surface area (Å²) in [6.07, 6.45) is 1.53. The molecule has 17 heavy (non-hydrogen) atoms. The number of pyridine rings is 1. The summed E-state index contributed by atoms with van der Waals surface area (Å²) in [4.78, 5) is 4.00. The molecular formula is C11H6BrClF2N2. The third kappa shape index (κ3) is 3.14. The van der Waals surface area contributed by atoms with Crippen LogP contribution in [0.4, 0.5) is 20.3 Å². The fraction of sp³-hybridized carbons (Fsp3) is 0. The summed E-state index contributed by atoms with van der Waals surface area (Å²) in [5.41, 5.74) is 0.249. The molecule has 0 unspecified atom stereocenters. The summed E-state index contributed by atoms with van der Waals surface area (Å²) in [7, 11) is 0. The molecule has 0 amide bonds. The Kier molecular flexibility index (Phi) is 3.59. The van der Waals surface area contributed by atoms with Crippen molar-refractivity contribution in [3.8, 4) is 0 Å². The molecule has 0 saturated carbocycles. The van der Waals surface area contributed by atoms with Crippen LogP contribution in [-0.4, -0.2) is 4.98 Å². The zero-order valence-electron chi connectivity index (χ0n) is 8.35. The normalized spacial score (nSPS) is 10.4. The van der Waals surface area contributed by atoms with Crippen LogP contribution in [-0.2, 0) is 0 Å². The molecule has 0 bridgehead atoms. The molecule has 6 heteroatoms. The third-order valence-corrected chi connectivity index (χ3v) is 2.65. The van der Waals surface area contributed by atoms with Crippen molar-refractivity contribution in [1.29, 1.82) is 0 Å². The Bertz CT molecular complexity index is 543. The van der Waals surface area contributed by atoms with Gasteiger partial charge in [-0.05, 0) is 34.1 Å². The largest absolute Gasteiger partial charge is 0.339 e. The Morgan fingerprint density at radius 1 is 1.12 bits per heavy atom. The zero-order chi connectivity index (χ0) is 12.4. The van der Waals surface area contributed by atoms with Crippen molar-refractivity contribution in [3.05, 3.63) is 51.6 Å². The SMILES string of the molecule is Fc1cc(F)cc(Nc2ncc(Br)cc2Cl)c1. The zero-order valence-corrected chi connectivity index (χ0v) is 10.7. The number of rotatable bonds is 2. The lowest BCUT2D eigenvalue weighted by atomic mass is 10.3. The summed E-state index contributed by atoms with van der Waals surface area (Å²) in [5, 5.41) is 3.09. The maximum absolute atomic E-state index is 13.0. The number of anilines is 2. The molecule has 1 aromatic carbocycles. The molecule has 0 fully saturated rings. The van der Waals surface area contributed by atoms with E-state index in [9.17, 15) is 8.78 Å². The van der Waals surface area contributed by atoms with E-state index in [2.05, 4.69) is 26.2 Å². The van der Waals surface area contributed by atoms with Crippen molar-refractivity contribution < 1.29 is 8.78 Å². The molecule has 88 valence electrons. The molecule has 0 saturated heterocycles. The second-order valence-corrected chi connectivity index (χ2v) is 4.59. The highest BCUT2D eigenvalue weighted by atomic mass is 79.9. The number of nitrogens with one attached hydrogen (secondary N) is 1. The molecule has 0 radical (unpaired) electrons. The van der Waals surface area contributed by atoms with Crippen molar-refractivity contribution >= 4 is 39.0 Å². The van der Waals surface area contributed by atoms with E-state index in [1.807, 2.05) is 0 Å². The molecule has 2 rings (SSSR count). The minimum atomic E-state index is -0.666. The van der Waals surface area contributed by atoms with E-state index < -0.39 is 11.6 Å². The van der Waals surface area contributed by atoms with Crippen molar-refractivity contribution in [2.75, 3.05) is 5.32 Å². The van der Waals surface area contributed by atoms with Gasteiger partial charge in [-0.2, -0.15) is 0 Å². The molecule has 2 aromatic rings. The Morgan fingerprint density at radius 2 is 1.76 bits per heavy atom. The molecular weight excluding hydrogens is 313 g/mol. The summed E-state index contributed by atoms with van der Waals surface area (Å²) in [6.45, 7) is 0. The average Bonchev–Trinajstić information content (AvgIpc) is 2.21. The first-order valence-electron chi connectivity index (χ1n) is 4.59. The van der Waals surface area contributed by atoms with Crippen LogP contribution in [0.5, 0.6) is 0 Å². The molecule has 2 nitrogen and oxygen atoms in total. The molecule has 1 N–H and O–H groups in total. The van der Waals surface area contributed by atoms with Crippen LogP contribution in [0.25, 0.3) is 0 Å². The number of hydrogen-bond donors (Lipinski definition) is 1. The maximum atomic E-state index is 13.0. The Labute approximate surface area is 110 Å². The van der Waals surface area contributed by atoms with Crippen LogP contribution in [0.15, 0.2) is 34.9 Å². The van der Waals surface area contributed by atoms with Gasteiger partial charge < -0.3 is 5.32 Å². The lowest BCUT2D eigenvalue weighted by Crippen LogP contribution is -1.95. The van der Waals surface area contributed by atoms with E-state index in [0.29, 0.717) is 10.8 Å². The highest BCUT2D eigenvalue weighted by Crippen LogP contribution is 2.26. The summed E-state index contributed by atoms with van der Waals surface area (Å²) >= 11 is 9.13. The van der Waals surface area contributed by atoms with Crippen molar-refractivity contribution in [2.45, 2.75) is 0 Å². The number of benzene rings is 1. The van der Waals surface area contributed by atoms with Gasteiger partial charge >= 0.3 is 0 Å². The van der Waals surface area contributed by atoms with Gasteiger partial charge in [-0.3, -0.25) is 0 Å². The van der Waals surface area contributed by atoms with Crippen LogP contribution in [0.3, 0.4) is 0 Å². The van der Waals surface area contributed by atoms with Gasteiger partial charge in [0.2, 0.25) is 0 Å². The minimum Gasteiger partial charge on any atom is -0.339 e. The van der Waals surface area contributed by atoms with Gasteiger partial charge in [0, 0.05) is 22.4 Å². The first-order valence-corrected chi connectivity index (χ1v) is 5.76. The van der Waals surface area contributed by atoms with Gasteiger partial charge in [-0.25, -0.2) is 13.8 Å². The van der Waals surface area contributed by atoms with Gasteiger partial charge in [-0.1, -0.05) is 11.6 Å². The lowest BCUT2D eigenvalue weighted by molar-refractivity contribution is 0.584. The quantitative estimate of drug-likeness (QED) is 0.880. The third-order valence-electron chi connectivity index (χ3n) is 1.93. The Balaban J connectivity index is 2.31.